The Hall–Kier alpha value is -1.06. The van der Waals surface area contributed by atoms with Gasteiger partial charge in [-0.1, -0.05) is 30.3 Å². The van der Waals surface area contributed by atoms with E-state index in [1.807, 2.05) is 6.07 Å². The average Bonchev–Trinajstić information content (AvgIpc) is 3.20. The van der Waals surface area contributed by atoms with Crippen LogP contribution in [0.3, 0.4) is 0 Å². The van der Waals surface area contributed by atoms with Crippen LogP contribution in [0.15, 0.2) is 30.3 Å². The van der Waals surface area contributed by atoms with Crippen LogP contribution >= 0.6 is 12.4 Å². The lowest BCUT2D eigenvalue weighted by molar-refractivity contribution is -0.125. The Morgan fingerprint density at radius 2 is 1.84 bits per heavy atom. The number of hydrogen-bond donors (Lipinski definition) is 2. The number of hydrogen-bond acceptors (Lipinski definition) is 2. The van der Waals surface area contributed by atoms with Gasteiger partial charge in [-0.25, -0.2) is 0 Å². The monoisotopic (exact) mass is 280 g/mol. The summed E-state index contributed by atoms with van der Waals surface area (Å²) in [5.41, 5.74) is 1.35. The largest absolute Gasteiger partial charge is 0.352 e. The standard InChI is InChI=1S/C15H20N2O.ClH/c18-15(12-6-8-16-9-7-12)17-14-10-13(14)11-4-2-1-3-5-11;/h1-5,12-14,16H,6-10H2,(H,17,18);1H. The molecule has 0 aromatic heterocycles. The van der Waals surface area contributed by atoms with Crippen molar-refractivity contribution in [1.29, 1.82) is 0 Å². The van der Waals surface area contributed by atoms with Gasteiger partial charge in [-0.15, -0.1) is 12.4 Å². The van der Waals surface area contributed by atoms with E-state index in [4.69, 9.17) is 0 Å². The molecule has 2 unspecified atom stereocenters. The fourth-order valence-electron chi connectivity index (χ4n) is 2.81. The van der Waals surface area contributed by atoms with Crippen LogP contribution in [-0.4, -0.2) is 25.0 Å². The maximum atomic E-state index is 12.1. The molecule has 2 atom stereocenters. The first-order chi connectivity index (χ1) is 8.84. The van der Waals surface area contributed by atoms with Crippen molar-refractivity contribution in [1.82, 2.24) is 10.6 Å². The van der Waals surface area contributed by atoms with Crippen molar-refractivity contribution in [3.8, 4) is 0 Å². The summed E-state index contributed by atoms with van der Waals surface area (Å²) in [5, 5.41) is 6.50. The first kappa shape index (κ1) is 14.4. The zero-order valence-corrected chi connectivity index (χ0v) is 11.8. The molecule has 1 saturated heterocycles. The van der Waals surface area contributed by atoms with E-state index in [-0.39, 0.29) is 24.2 Å². The number of carbonyl (C=O) groups excluding carboxylic acids is 1. The highest BCUT2D eigenvalue weighted by Crippen LogP contribution is 2.40. The van der Waals surface area contributed by atoms with Gasteiger partial charge < -0.3 is 10.6 Å². The molecular formula is C15H21ClN2O. The van der Waals surface area contributed by atoms with Crippen molar-refractivity contribution in [2.75, 3.05) is 13.1 Å². The number of nitrogens with one attached hydrogen (secondary N) is 2. The third-order valence-corrected chi connectivity index (χ3v) is 4.06. The van der Waals surface area contributed by atoms with E-state index in [0.29, 0.717) is 12.0 Å². The second-order valence-corrected chi connectivity index (χ2v) is 5.39. The van der Waals surface area contributed by atoms with E-state index < -0.39 is 0 Å². The molecule has 1 aromatic rings. The maximum Gasteiger partial charge on any atom is 0.223 e. The van der Waals surface area contributed by atoms with Crippen molar-refractivity contribution in [3.63, 3.8) is 0 Å². The van der Waals surface area contributed by atoms with Crippen LogP contribution in [0.25, 0.3) is 0 Å². The van der Waals surface area contributed by atoms with Gasteiger partial charge in [0.05, 0.1) is 0 Å². The zero-order chi connectivity index (χ0) is 12.4. The smallest absolute Gasteiger partial charge is 0.223 e. The molecule has 0 radical (unpaired) electrons. The summed E-state index contributed by atoms with van der Waals surface area (Å²) in [7, 11) is 0. The Morgan fingerprint density at radius 3 is 2.53 bits per heavy atom. The highest BCUT2D eigenvalue weighted by molar-refractivity contribution is 5.85. The van der Waals surface area contributed by atoms with Crippen LogP contribution < -0.4 is 10.6 Å². The molecule has 19 heavy (non-hydrogen) atoms. The van der Waals surface area contributed by atoms with E-state index >= 15 is 0 Å². The minimum Gasteiger partial charge on any atom is -0.352 e. The lowest BCUT2D eigenvalue weighted by Crippen LogP contribution is -2.39. The molecule has 1 amide bonds. The van der Waals surface area contributed by atoms with Gasteiger partial charge in [0.25, 0.3) is 0 Å². The molecule has 0 spiro atoms. The van der Waals surface area contributed by atoms with Gasteiger partial charge in [0, 0.05) is 17.9 Å². The topological polar surface area (TPSA) is 41.1 Å². The number of piperidine rings is 1. The average molecular weight is 281 g/mol. The summed E-state index contributed by atoms with van der Waals surface area (Å²) in [4.78, 5) is 12.1. The molecule has 104 valence electrons. The van der Waals surface area contributed by atoms with Gasteiger partial charge in [-0.3, -0.25) is 4.79 Å². The second kappa shape index (κ2) is 6.40. The molecule has 1 aliphatic heterocycles. The molecule has 1 saturated carbocycles. The SMILES string of the molecule is Cl.O=C(NC1CC1c1ccccc1)C1CCNCC1. The Morgan fingerprint density at radius 1 is 1.16 bits per heavy atom. The van der Waals surface area contributed by atoms with Gasteiger partial charge in [-0.05, 0) is 37.9 Å². The van der Waals surface area contributed by atoms with Gasteiger partial charge in [0.15, 0.2) is 0 Å². The summed E-state index contributed by atoms with van der Waals surface area (Å²) >= 11 is 0. The minimum atomic E-state index is 0. The summed E-state index contributed by atoms with van der Waals surface area (Å²) in [6.45, 7) is 1.95. The van der Waals surface area contributed by atoms with Crippen molar-refractivity contribution < 1.29 is 4.79 Å². The number of benzene rings is 1. The fraction of sp³-hybridized carbons (Fsp3) is 0.533. The molecule has 1 aromatic carbocycles. The molecule has 4 heteroatoms. The van der Waals surface area contributed by atoms with Crippen LogP contribution in [0.2, 0.25) is 0 Å². The normalized spacial score (nSPS) is 26.3. The number of rotatable bonds is 3. The van der Waals surface area contributed by atoms with Crippen LogP contribution in [-0.2, 0) is 4.79 Å². The lowest BCUT2D eigenvalue weighted by atomic mass is 9.97. The first-order valence-corrected chi connectivity index (χ1v) is 6.90. The Labute approximate surface area is 120 Å². The molecule has 1 aliphatic carbocycles. The van der Waals surface area contributed by atoms with Gasteiger partial charge >= 0.3 is 0 Å². The van der Waals surface area contributed by atoms with Crippen LogP contribution in [0.1, 0.15) is 30.7 Å². The minimum absolute atomic E-state index is 0. The van der Waals surface area contributed by atoms with Crippen LogP contribution in [0.4, 0.5) is 0 Å². The van der Waals surface area contributed by atoms with Crippen molar-refractivity contribution >= 4 is 18.3 Å². The summed E-state index contributed by atoms with van der Waals surface area (Å²) in [5.74, 6) is 1.03. The maximum absolute atomic E-state index is 12.1. The third kappa shape index (κ3) is 3.48. The molecular weight excluding hydrogens is 260 g/mol. The third-order valence-electron chi connectivity index (χ3n) is 4.06. The van der Waals surface area contributed by atoms with E-state index in [1.165, 1.54) is 5.56 Å². The summed E-state index contributed by atoms with van der Waals surface area (Å²) < 4.78 is 0. The number of halogens is 1. The van der Waals surface area contributed by atoms with Crippen molar-refractivity contribution in [3.05, 3.63) is 35.9 Å². The van der Waals surface area contributed by atoms with E-state index in [9.17, 15) is 4.79 Å². The molecule has 3 rings (SSSR count). The summed E-state index contributed by atoms with van der Waals surface area (Å²) in [6, 6.07) is 10.9. The molecule has 2 fully saturated rings. The van der Waals surface area contributed by atoms with Crippen molar-refractivity contribution in [2.45, 2.75) is 31.2 Å². The molecule has 0 bridgehead atoms. The summed E-state index contributed by atoms with van der Waals surface area (Å²) in [6.07, 6.45) is 3.06. The van der Waals surface area contributed by atoms with Gasteiger partial charge in [0.2, 0.25) is 5.91 Å². The van der Waals surface area contributed by atoms with E-state index in [0.717, 1.165) is 32.4 Å². The second-order valence-electron chi connectivity index (χ2n) is 5.39. The predicted molar refractivity (Wildman–Crippen MR) is 78.6 cm³/mol. The lowest BCUT2D eigenvalue weighted by Gasteiger charge is -2.21. The number of amides is 1. The molecule has 2 aliphatic rings. The van der Waals surface area contributed by atoms with E-state index in [2.05, 4.69) is 34.9 Å². The first-order valence-electron chi connectivity index (χ1n) is 6.90. The Balaban J connectivity index is 0.00000133. The molecule has 3 nitrogen and oxygen atoms in total. The Bertz CT molecular complexity index is 417. The zero-order valence-electron chi connectivity index (χ0n) is 11.0. The molecule has 1 heterocycles. The van der Waals surface area contributed by atoms with Gasteiger partial charge in [-0.2, -0.15) is 0 Å². The highest BCUT2D eigenvalue weighted by atomic mass is 35.5. The van der Waals surface area contributed by atoms with Gasteiger partial charge in [0.1, 0.15) is 0 Å². The number of carbonyl (C=O) groups is 1. The highest BCUT2D eigenvalue weighted by Gasteiger charge is 2.40. The van der Waals surface area contributed by atoms with Crippen molar-refractivity contribution in [2.24, 2.45) is 5.92 Å². The van der Waals surface area contributed by atoms with E-state index in [1.54, 1.807) is 0 Å². The van der Waals surface area contributed by atoms with Crippen LogP contribution in [0, 0.1) is 5.92 Å². The molecule has 2 N–H and O–H groups in total. The fourth-order valence-corrected chi connectivity index (χ4v) is 2.81. The Kier molecular flexibility index (Phi) is 4.83. The predicted octanol–water partition coefficient (Wildman–Crippen LogP) is 2.08. The quantitative estimate of drug-likeness (QED) is 0.890. The van der Waals surface area contributed by atoms with Crippen LogP contribution in [0.5, 0.6) is 0 Å².